The first-order valence-electron chi connectivity index (χ1n) is 4.95. The molecule has 2 aliphatic rings. The van der Waals surface area contributed by atoms with Crippen molar-refractivity contribution in [1.82, 2.24) is 0 Å². The van der Waals surface area contributed by atoms with Crippen molar-refractivity contribution in [2.75, 3.05) is 0 Å². The molecule has 1 saturated carbocycles. The molecule has 0 radical (unpaired) electrons. The Morgan fingerprint density at radius 1 is 1.08 bits per heavy atom. The van der Waals surface area contributed by atoms with Gasteiger partial charge in [0.25, 0.3) is 0 Å². The number of hydrogen-bond acceptors (Lipinski definition) is 1. The van der Waals surface area contributed by atoms with E-state index < -0.39 is 0 Å². The third-order valence-electron chi connectivity index (χ3n) is 3.43. The summed E-state index contributed by atoms with van der Waals surface area (Å²) in [5.41, 5.74) is 2.85. The Kier molecular flexibility index (Phi) is 1.37. The molecule has 3 rings (SSSR count). The highest BCUT2D eigenvalue weighted by Crippen LogP contribution is 2.43. The van der Waals surface area contributed by atoms with Gasteiger partial charge in [0.1, 0.15) is 5.78 Å². The van der Waals surface area contributed by atoms with Crippen LogP contribution in [-0.4, -0.2) is 5.78 Å². The Bertz CT molecular complexity index is 367. The molecule has 1 aromatic rings. The van der Waals surface area contributed by atoms with Gasteiger partial charge in [0.05, 0.1) is 0 Å². The molecule has 1 heteroatoms. The van der Waals surface area contributed by atoms with Gasteiger partial charge >= 0.3 is 0 Å². The van der Waals surface area contributed by atoms with Gasteiger partial charge in [0.15, 0.2) is 0 Å². The summed E-state index contributed by atoms with van der Waals surface area (Å²) in [5.74, 6) is 1.38. The minimum absolute atomic E-state index is 0.347. The SMILES string of the molecule is O=C1C[C@@H]2C[C@H]1Cc1ccccc12. The molecule has 66 valence electrons. The molecule has 2 aliphatic carbocycles. The van der Waals surface area contributed by atoms with Crippen LogP contribution in [0.2, 0.25) is 0 Å². The standard InChI is InChI=1S/C12H12O/c13-12-7-9-6-10(12)5-8-3-1-2-4-11(8)9/h1-4,9-10H,5-7H2/t9-,10+/m0/s1. The highest BCUT2D eigenvalue weighted by molar-refractivity contribution is 5.85. The number of rotatable bonds is 0. The summed E-state index contributed by atoms with van der Waals surface area (Å²) in [5, 5.41) is 0. The van der Waals surface area contributed by atoms with Gasteiger partial charge in [-0.3, -0.25) is 4.79 Å². The van der Waals surface area contributed by atoms with Crippen LogP contribution < -0.4 is 0 Å². The van der Waals surface area contributed by atoms with Crippen molar-refractivity contribution in [3.8, 4) is 0 Å². The zero-order valence-electron chi connectivity index (χ0n) is 7.49. The molecule has 0 unspecified atom stereocenters. The Morgan fingerprint density at radius 2 is 1.92 bits per heavy atom. The fourth-order valence-corrected chi connectivity index (χ4v) is 2.79. The van der Waals surface area contributed by atoms with E-state index in [9.17, 15) is 4.79 Å². The molecule has 2 bridgehead atoms. The largest absolute Gasteiger partial charge is 0.299 e. The van der Waals surface area contributed by atoms with Crippen molar-refractivity contribution < 1.29 is 4.79 Å². The van der Waals surface area contributed by atoms with Crippen LogP contribution in [-0.2, 0) is 11.2 Å². The predicted octanol–water partition coefficient (Wildman–Crippen LogP) is 2.31. The van der Waals surface area contributed by atoms with Crippen molar-refractivity contribution in [1.29, 1.82) is 0 Å². The lowest BCUT2D eigenvalue weighted by Gasteiger charge is -2.21. The summed E-state index contributed by atoms with van der Waals surface area (Å²) >= 11 is 0. The molecule has 1 fully saturated rings. The Balaban J connectivity index is 2.12. The number of carbonyl (C=O) groups excluding carboxylic acids is 1. The monoisotopic (exact) mass is 172 g/mol. The van der Waals surface area contributed by atoms with Crippen LogP contribution in [0, 0.1) is 5.92 Å². The van der Waals surface area contributed by atoms with Crippen LogP contribution in [0.15, 0.2) is 24.3 Å². The van der Waals surface area contributed by atoms with Gasteiger partial charge in [-0.25, -0.2) is 0 Å². The third-order valence-corrected chi connectivity index (χ3v) is 3.43. The van der Waals surface area contributed by atoms with Crippen LogP contribution in [0.3, 0.4) is 0 Å². The minimum atomic E-state index is 0.347. The van der Waals surface area contributed by atoms with Crippen molar-refractivity contribution in [3.05, 3.63) is 35.4 Å². The van der Waals surface area contributed by atoms with Gasteiger partial charge in [-0.1, -0.05) is 24.3 Å². The van der Waals surface area contributed by atoms with Gasteiger partial charge in [-0.05, 0) is 29.9 Å². The molecule has 0 spiro atoms. The topological polar surface area (TPSA) is 17.1 Å². The van der Waals surface area contributed by atoms with Crippen LogP contribution in [0.4, 0.5) is 0 Å². The Labute approximate surface area is 77.8 Å². The molecule has 0 aromatic heterocycles. The second-order valence-corrected chi connectivity index (χ2v) is 4.20. The first-order valence-corrected chi connectivity index (χ1v) is 4.95. The summed E-state index contributed by atoms with van der Waals surface area (Å²) in [7, 11) is 0. The maximum absolute atomic E-state index is 11.5. The van der Waals surface area contributed by atoms with Gasteiger partial charge in [0, 0.05) is 12.3 Å². The van der Waals surface area contributed by atoms with Crippen LogP contribution in [0.1, 0.15) is 29.9 Å². The number of hydrogen-bond donors (Lipinski definition) is 0. The molecule has 1 nitrogen and oxygen atoms in total. The number of fused-ring (bicyclic) bond motifs is 4. The number of Topliss-reactive ketones (excluding diaryl/α,β-unsaturated/α-hetero) is 1. The number of carbonyl (C=O) groups is 1. The molecule has 0 aliphatic heterocycles. The first-order chi connectivity index (χ1) is 6.34. The number of ketones is 1. The fraction of sp³-hybridized carbons (Fsp3) is 0.417. The van der Waals surface area contributed by atoms with E-state index in [4.69, 9.17) is 0 Å². The molecule has 0 saturated heterocycles. The summed E-state index contributed by atoms with van der Waals surface area (Å²) in [4.78, 5) is 11.5. The van der Waals surface area contributed by atoms with Crippen molar-refractivity contribution in [2.45, 2.75) is 25.2 Å². The lowest BCUT2D eigenvalue weighted by atomic mass is 9.83. The van der Waals surface area contributed by atoms with Gasteiger partial charge in [-0.2, -0.15) is 0 Å². The van der Waals surface area contributed by atoms with Crippen molar-refractivity contribution in [2.24, 2.45) is 5.92 Å². The molecule has 0 heterocycles. The van der Waals surface area contributed by atoms with E-state index in [0.717, 1.165) is 19.3 Å². The van der Waals surface area contributed by atoms with E-state index in [1.807, 2.05) is 0 Å². The maximum atomic E-state index is 11.5. The average molecular weight is 172 g/mol. The molecular formula is C12H12O. The second-order valence-electron chi connectivity index (χ2n) is 4.20. The molecule has 13 heavy (non-hydrogen) atoms. The predicted molar refractivity (Wildman–Crippen MR) is 50.6 cm³/mol. The fourth-order valence-electron chi connectivity index (χ4n) is 2.79. The van der Waals surface area contributed by atoms with Crippen molar-refractivity contribution >= 4 is 5.78 Å². The van der Waals surface area contributed by atoms with Gasteiger partial charge in [-0.15, -0.1) is 0 Å². The minimum Gasteiger partial charge on any atom is -0.299 e. The molecular weight excluding hydrogens is 160 g/mol. The smallest absolute Gasteiger partial charge is 0.136 e. The van der Waals surface area contributed by atoms with Crippen LogP contribution in [0.5, 0.6) is 0 Å². The lowest BCUT2D eigenvalue weighted by molar-refractivity contribution is -0.120. The third kappa shape index (κ3) is 0.963. The molecule has 0 amide bonds. The van der Waals surface area contributed by atoms with Crippen LogP contribution >= 0.6 is 0 Å². The average Bonchev–Trinajstić information content (AvgIpc) is 2.44. The second kappa shape index (κ2) is 2.44. The summed E-state index contributed by atoms with van der Waals surface area (Å²) in [6, 6.07) is 8.53. The lowest BCUT2D eigenvalue weighted by Crippen LogP contribution is -2.13. The zero-order chi connectivity index (χ0) is 8.84. The highest BCUT2D eigenvalue weighted by atomic mass is 16.1. The van der Waals surface area contributed by atoms with E-state index >= 15 is 0 Å². The normalized spacial score (nSPS) is 30.3. The summed E-state index contributed by atoms with van der Waals surface area (Å²) in [6.07, 6.45) is 2.89. The van der Waals surface area contributed by atoms with Gasteiger partial charge in [0.2, 0.25) is 0 Å². The summed E-state index contributed by atoms with van der Waals surface area (Å²) in [6.45, 7) is 0. The zero-order valence-corrected chi connectivity index (χ0v) is 7.49. The Hall–Kier alpha value is -1.11. The number of benzene rings is 1. The molecule has 0 N–H and O–H groups in total. The quantitative estimate of drug-likeness (QED) is 0.587. The highest BCUT2D eigenvalue weighted by Gasteiger charge is 2.38. The van der Waals surface area contributed by atoms with E-state index in [-0.39, 0.29) is 0 Å². The van der Waals surface area contributed by atoms with Crippen LogP contribution in [0.25, 0.3) is 0 Å². The van der Waals surface area contributed by atoms with E-state index in [1.165, 1.54) is 11.1 Å². The Morgan fingerprint density at radius 3 is 2.85 bits per heavy atom. The molecule has 2 atom stereocenters. The maximum Gasteiger partial charge on any atom is 0.136 e. The summed E-state index contributed by atoms with van der Waals surface area (Å²) < 4.78 is 0. The van der Waals surface area contributed by atoms with E-state index in [2.05, 4.69) is 24.3 Å². The van der Waals surface area contributed by atoms with Gasteiger partial charge < -0.3 is 0 Å². The molecule has 1 aromatic carbocycles. The first kappa shape index (κ1) is 7.31. The van der Waals surface area contributed by atoms with Crippen molar-refractivity contribution in [3.63, 3.8) is 0 Å². The van der Waals surface area contributed by atoms with E-state index in [0.29, 0.717) is 17.6 Å². The van der Waals surface area contributed by atoms with E-state index in [1.54, 1.807) is 0 Å².